The number of hydrogen-bond acceptors (Lipinski definition) is 4. The molecule has 0 aliphatic carbocycles. The number of hydrogen-bond donors (Lipinski definition) is 0. The molecule has 0 amide bonds. The van der Waals surface area contributed by atoms with Crippen molar-refractivity contribution in [1.82, 2.24) is 9.97 Å². The average molecular weight is 707 g/mol. The van der Waals surface area contributed by atoms with Crippen LogP contribution in [0.3, 0.4) is 0 Å². The minimum Gasteiger partial charge on any atom is -0.456 e. The summed E-state index contributed by atoms with van der Waals surface area (Å²) in [6.07, 6.45) is 0. The number of aromatic nitrogens is 2. The Hall–Kier alpha value is -6.88. The summed E-state index contributed by atoms with van der Waals surface area (Å²) >= 11 is 1.84. The highest BCUT2D eigenvalue weighted by atomic mass is 32.1. The molecule has 0 spiro atoms. The standard InChI is InChI=1S/C50H30N2OS/c1-2-12-32(13-3-1)44-30-45(52-50(51-44)34-21-23-47-42(29-34)40-16-6-8-19-46(40)53-47)37-26-35(25-36(27-37)39-18-10-14-31-11-4-5-15-38(31)39)33-22-24-49-43(28-33)41-17-7-9-20-48(41)54-49/h1-30H. The van der Waals surface area contributed by atoms with Gasteiger partial charge in [0.25, 0.3) is 0 Å². The zero-order chi connectivity index (χ0) is 35.6. The molecule has 0 aliphatic heterocycles. The molecule has 3 aromatic heterocycles. The Morgan fingerprint density at radius 3 is 1.91 bits per heavy atom. The van der Waals surface area contributed by atoms with E-state index in [-0.39, 0.29) is 0 Å². The summed E-state index contributed by atoms with van der Waals surface area (Å²) in [6.45, 7) is 0. The molecule has 0 atom stereocenters. The number of fused-ring (bicyclic) bond motifs is 7. The predicted octanol–water partition coefficient (Wildman–Crippen LogP) is 14.2. The fourth-order valence-corrected chi connectivity index (χ4v) is 8.91. The minimum atomic E-state index is 0.668. The third-order valence-corrected chi connectivity index (χ3v) is 11.6. The van der Waals surface area contributed by atoms with Crippen molar-refractivity contribution in [3.8, 4) is 56.2 Å². The van der Waals surface area contributed by atoms with Gasteiger partial charge in [-0.3, -0.25) is 0 Å². The van der Waals surface area contributed by atoms with E-state index in [1.165, 1.54) is 42.1 Å². The van der Waals surface area contributed by atoms with Gasteiger partial charge in [0, 0.05) is 47.6 Å². The van der Waals surface area contributed by atoms with Crippen LogP contribution >= 0.6 is 11.3 Å². The fraction of sp³-hybridized carbons (Fsp3) is 0. The van der Waals surface area contributed by atoms with Crippen molar-refractivity contribution in [1.29, 1.82) is 0 Å². The Labute approximate surface area is 315 Å². The first-order chi connectivity index (χ1) is 26.7. The SMILES string of the molecule is c1ccc(-c2cc(-c3cc(-c4ccc5sc6ccccc6c5c4)cc(-c4cccc5ccccc45)c3)nc(-c3ccc4oc5ccccc5c4c3)n2)cc1. The van der Waals surface area contributed by atoms with Crippen LogP contribution in [0.1, 0.15) is 0 Å². The van der Waals surface area contributed by atoms with Gasteiger partial charge in [0.2, 0.25) is 0 Å². The molecule has 252 valence electrons. The molecule has 0 aliphatic rings. The first-order valence-corrected chi connectivity index (χ1v) is 18.9. The molecule has 11 rings (SSSR count). The van der Waals surface area contributed by atoms with E-state index in [1.54, 1.807) is 0 Å². The van der Waals surface area contributed by atoms with Gasteiger partial charge in [0.15, 0.2) is 5.82 Å². The Kier molecular flexibility index (Phi) is 7.04. The molecule has 0 saturated carbocycles. The van der Waals surface area contributed by atoms with Crippen molar-refractivity contribution in [3.63, 3.8) is 0 Å². The van der Waals surface area contributed by atoms with Crippen molar-refractivity contribution in [2.75, 3.05) is 0 Å². The van der Waals surface area contributed by atoms with Gasteiger partial charge in [0.1, 0.15) is 11.2 Å². The predicted molar refractivity (Wildman–Crippen MR) is 227 cm³/mol. The molecule has 3 nitrogen and oxygen atoms in total. The summed E-state index contributed by atoms with van der Waals surface area (Å²) in [5.74, 6) is 0.668. The lowest BCUT2D eigenvalue weighted by atomic mass is 9.91. The second-order valence-electron chi connectivity index (χ2n) is 13.8. The summed E-state index contributed by atoms with van der Waals surface area (Å²) in [7, 11) is 0. The van der Waals surface area contributed by atoms with Crippen molar-refractivity contribution in [3.05, 3.63) is 182 Å². The van der Waals surface area contributed by atoms with Crippen LogP contribution in [0.25, 0.3) is 109 Å². The normalized spacial score (nSPS) is 11.7. The number of nitrogens with zero attached hydrogens (tertiary/aromatic N) is 2. The van der Waals surface area contributed by atoms with Crippen molar-refractivity contribution < 1.29 is 4.42 Å². The first-order valence-electron chi connectivity index (χ1n) is 18.1. The van der Waals surface area contributed by atoms with Crippen LogP contribution in [0.5, 0.6) is 0 Å². The van der Waals surface area contributed by atoms with E-state index in [0.717, 1.165) is 61.1 Å². The molecular formula is C50H30N2OS. The molecule has 0 bridgehead atoms. The summed E-state index contributed by atoms with van der Waals surface area (Å²) in [4.78, 5) is 10.5. The molecule has 0 radical (unpaired) electrons. The number of para-hydroxylation sites is 1. The zero-order valence-electron chi connectivity index (χ0n) is 29.0. The lowest BCUT2D eigenvalue weighted by molar-refractivity contribution is 0.669. The summed E-state index contributed by atoms with van der Waals surface area (Å²) in [5.41, 5.74) is 11.1. The van der Waals surface area contributed by atoms with Gasteiger partial charge in [-0.2, -0.15) is 0 Å². The van der Waals surface area contributed by atoms with Crippen LogP contribution in [0.4, 0.5) is 0 Å². The molecule has 11 aromatic rings. The van der Waals surface area contributed by atoms with E-state index >= 15 is 0 Å². The Bertz CT molecular complexity index is 3220. The number of benzene rings is 8. The van der Waals surface area contributed by atoms with E-state index in [4.69, 9.17) is 14.4 Å². The number of rotatable bonds is 5. The van der Waals surface area contributed by atoms with Gasteiger partial charge >= 0.3 is 0 Å². The lowest BCUT2D eigenvalue weighted by Gasteiger charge is -2.14. The van der Waals surface area contributed by atoms with Gasteiger partial charge in [-0.25, -0.2) is 9.97 Å². The summed E-state index contributed by atoms with van der Waals surface area (Å²) in [6, 6.07) is 64.6. The first kappa shape index (κ1) is 30.7. The van der Waals surface area contributed by atoms with Gasteiger partial charge in [0.05, 0.1) is 11.4 Å². The highest BCUT2D eigenvalue weighted by Crippen LogP contribution is 2.40. The van der Waals surface area contributed by atoms with Gasteiger partial charge in [-0.05, 0) is 99.8 Å². The molecule has 0 saturated heterocycles. The van der Waals surface area contributed by atoms with Crippen molar-refractivity contribution >= 4 is 64.2 Å². The topological polar surface area (TPSA) is 38.9 Å². The zero-order valence-corrected chi connectivity index (χ0v) is 29.8. The monoisotopic (exact) mass is 706 g/mol. The quantitative estimate of drug-likeness (QED) is 0.179. The molecular weight excluding hydrogens is 677 g/mol. The highest BCUT2D eigenvalue weighted by Gasteiger charge is 2.17. The van der Waals surface area contributed by atoms with Gasteiger partial charge in [-0.15, -0.1) is 11.3 Å². The second-order valence-corrected chi connectivity index (χ2v) is 14.9. The van der Waals surface area contributed by atoms with E-state index in [1.807, 2.05) is 41.7 Å². The number of thiophene rings is 1. The lowest BCUT2D eigenvalue weighted by Crippen LogP contribution is -1.96. The average Bonchev–Trinajstić information content (AvgIpc) is 3.81. The molecule has 0 N–H and O–H groups in total. The summed E-state index contributed by atoms with van der Waals surface area (Å²) < 4.78 is 8.77. The van der Waals surface area contributed by atoms with E-state index in [0.29, 0.717) is 5.82 Å². The van der Waals surface area contributed by atoms with Gasteiger partial charge < -0.3 is 4.42 Å². The highest BCUT2D eigenvalue weighted by molar-refractivity contribution is 7.25. The molecule has 8 aromatic carbocycles. The van der Waals surface area contributed by atoms with E-state index in [9.17, 15) is 0 Å². The van der Waals surface area contributed by atoms with Crippen LogP contribution in [-0.4, -0.2) is 9.97 Å². The molecule has 3 heterocycles. The van der Waals surface area contributed by atoms with Crippen LogP contribution in [0.2, 0.25) is 0 Å². The van der Waals surface area contributed by atoms with Crippen LogP contribution < -0.4 is 0 Å². The van der Waals surface area contributed by atoms with Crippen molar-refractivity contribution in [2.45, 2.75) is 0 Å². The van der Waals surface area contributed by atoms with Gasteiger partial charge in [-0.1, -0.05) is 115 Å². The largest absolute Gasteiger partial charge is 0.456 e. The van der Waals surface area contributed by atoms with E-state index in [2.05, 4.69) is 152 Å². The second kappa shape index (κ2) is 12.4. The molecule has 4 heteroatoms. The van der Waals surface area contributed by atoms with E-state index < -0.39 is 0 Å². The Morgan fingerprint density at radius 2 is 1.00 bits per heavy atom. The number of furan rings is 1. The Morgan fingerprint density at radius 1 is 0.352 bits per heavy atom. The summed E-state index contributed by atoms with van der Waals surface area (Å²) in [5, 5.41) is 7.14. The Balaban J connectivity index is 1.15. The molecule has 0 unspecified atom stereocenters. The third kappa shape index (κ3) is 5.19. The maximum absolute atomic E-state index is 6.18. The minimum absolute atomic E-state index is 0.668. The molecule has 54 heavy (non-hydrogen) atoms. The smallest absolute Gasteiger partial charge is 0.160 e. The molecule has 0 fully saturated rings. The fourth-order valence-electron chi connectivity index (χ4n) is 7.83. The van der Waals surface area contributed by atoms with Crippen LogP contribution in [0.15, 0.2) is 186 Å². The maximum atomic E-state index is 6.18. The maximum Gasteiger partial charge on any atom is 0.160 e. The van der Waals surface area contributed by atoms with Crippen LogP contribution in [0, 0.1) is 0 Å². The van der Waals surface area contributed by atoms with Crippen molar-refractivity contribution in [2.24, 2.45) is 0 Å². The third-order valence-electron chi connectivity index (χ3n) is 10.5. The van der Waals surface area contributed by atoms with Crippen LogP contribution in [-0.2, 0) is 0 Å².